The zero-order valence-corrected chi connectivity index (χ0v) is 7.87. The molecule has 0 rings (SSSR count). The van der Waals surface area contributed by atoms with Gasteiger partial charge in [-0.1, -0.05) is 13.8 Å². The van der Waals surface area contributed by atoms with E-state index in [1.54, 1.807) is 0 Å². The van der Waals surface area contributed by atoms with Crippen LogP contribution in [0.4, 0.5) is 4.79 Å². The van der Waals surface area contributed by atoms with Crippen LogP contribution in [0.3, 0.4) is 0 Å². The molecule has 0 aromatic heterocycles. The number of rotatable bonds is 4. The van der Waals surface area contributed by atoms with Gasteiger partial charge >= 0.3 is 6.16 Å². The molecule has 0 aliphatic heterocycles. The number of nitrogens with two attached hydrogens (primary N) is 1. The molecule has 0 heterocycles. The summed E-state index contributed by atoms with van der Waals surface area (Å²) < 4.78 is 9.27. The highest BCUT2D eigenvalue weighted by Gasteiger charge is 2.10. The van der Waals surface area contributed by atoms with Crippen molar-refractivity contribution in [1.82, 2.24) is 0 Å². The van der Waals surface area contributed by atoms with Crippen LogP contribution in [0.25, 0.3) is 0 Å². The maximum Gasteiger partial charge on any atom is 0.509 e. The summed E-state index contributed by atoms with van der Waals surface area (Å²) in [4.78, 5) is 10.7. The van der Waals surface area contributed by atoms with Crippen LogP contribution in [0.5, 0.6) is 0 Å². The molecule has 0 amide bonds. The molecule has 72 valence electrons. The van der Waals surface area contributed by atoms with Gasteiger partial charge in [0, 0.05) is 0 Å². The maximum atomic E-state index is 10.7. The Morgan fingerprint density at radius 3 is 2.42 bits per heavy atom. The SMILES string of the molecule is CC(C)CC(C)OC(=O)OCN. The Balaban J connectivity index is 3.54. The van der Waals surface area contributed by atoms with Crippen LogP contribution in [-0.4, -0.2) is 19.0 Å². The normalized spacial score (nSPS) is 12.8. The quantitative estimate of drug-likeness (QED) is 0.519. The van der Waals surface area contributed by atoms with Gasteiger partial charge in [-0.05, 0) is 19.3 Å². The molecule has 0 saturated heterocycles. The summed E-state index contributed by atoms with van der Waals surface area (Å²) in [5, 5.41) is 0. The molecule has 2 N–H and O–H groups in total. The summed E-state index contributed by atoms with van der Waals surface area (Å²) in [6.45, 7) is 5.83. The van der Waals surface area contributed by atoms with Crippen LogP contribution >= 0.6 is 0 Å². The van der Waals surface area contributed by atoms with Crippen LogP contribution in [0.2, 0.25) is 0 Å². The van der Waals surface area contributed by atoms with Crippen LogP contribution in [0.1, 0.15) is 27.2 Å². The van der Waals surface area contributed by atoms with Crippen molar-refractivity contribution in [2.45, 2.75) is 33.3 Å². The highest BCUT2D eigenvalue weighted by molar-refractivity contribution is 5.59. The number of hydrogen-bond acceptors (Lipinski definition) is 4. The van der Waals surface area contributed by atoms with Gasteiger partial charge in [0.15, 0.2) is 0 Å². The summed E-state index contributed by atoms with van der Waals surface area (Å²) in [6.07, 6.45) is 0.0364. The molecule has 4 nitrogen and oxygen atoms in total. The third-order valence-electron chi connectivity index (χ3n) is 1.30. The Hall–Kier alpha value is -0.770. The van der Waals surface area contributed by atoms with Crippen LogP contribution in [0, 0.1) is 5.92 Å². The fourth-order valence-electron chi connectivity index (χ4n) is 0.978. The van der Waals surface area contributed by atoms with Crippen LogP contribution in [-0.2, 0) is 9.47 Å². The first-order chi connectivity index (χ1) is 5.56. The van der Waals surface area contributed by atoms with E-state index in [4.69, 9.17) is 10.5 Å². The largest absolute Gasteiger partial charge is 0.509 e. The second-order valence-corrected chi connectivity index (χ2v) is 3.12. The zero-order chi connectivity index (χ0) is 9.56. The Bertz CT molecular complexity index is 136. The van der Waals surface area contributed by atoms with E-state index in [2.05, 4.69) is 18.6 Å². The van der Waals surface area contributed by atoms with E-state index in [0.29, 0.717) is 5.92 Å². The second-order valence-electron chi connectivity index (χ2n) is 3.12. The molecule has 0 radical (unpaired) electrons. The molecular formula is C8H17NO3. The van der Waals surface area contributed by atoms with Crippen LogP contribution in [0.15, 0.2) is 0 Å². The number of carbonyl (C=O) groups excluding carboxylic acids is 1. The van der Waals surface area contributed by atoms with E-state index in [9.17, 15) is 4.79 Å². The van der Waals surface area contributed by atoms with Crippen molar-refractivity contribution in [3.63, 3.8) is 0 Å². The standard InChI is InChI=1S/C8H17NO3/c1-6(2)4-7(3)12-8(10)11-5-9/h6-7H,4-5,9H2,1-3H3. The molecule has 0 aromatic rings. The summed E-state index contributed by atoms with van der Waals surface area (Å²) >= 11 is 0. The second kappa shape index (κ2) is 5.83. The molecule has 0 bridgehead atoms. The molecule has 0 aliphatic carbocycles. The van der Waals surface area contributed by atoms with Gasteiger partial charge in [-0.2, -0.15) is 0 Å². The maximum absolute atomic E-state index is 10.7. The van der Waals surface area contributed by atoms with Gasteiger partial charge in [0.25, 0.3) is 0 Å². The fraction of sp³-hybridized carbons (Fsp3) is 0.875. The monoisotopic (exact) mass is 175 g/mol. The smallest absolute Gasteiger partial charge is 0.431 e. The molecule has 0 fully saturated rings. The van der Waals surface area contributed by atoms with Gasteiger partial charge in [-0.15, -0.1) is 0 Å². The van der Waals surface area contributed by atoms with Crippen molar-refractivity contribution >= 4 is 6.16 Å². The van der Waals surface area contributed by atoms with Crippen molar-refractivity contribution in [1.29, 1.82) is 0 Å². The van der Waals surface area contributed by atoms with Gasteiger partial charge in [-0.25, -0.2) is 4.79 Å². The average molecular weight is 175 g/mol. The first kappa shape index (κ1) is 11.2. The average Bonchev–Trinajstić information content (AvgIpc) is 1.84. The summed E-state index contributed by atoms with van der Waals surface area (Å²) in [5.74, 6) is 0.505. The Kier molecular flexibility index (Phi) is 5.45. The van der Waals surface area contributed by atoms with Crippen molar-refractivity contribution in [2.75, 3.05) is 6.73 Å². The minimum atomic E-state index is -0.689. The van der Waals surface area contributed by atoms with E-state index >= 15 is 0 Å². The van der Waals surface area contributed by atoms with E-state index in [1.165, 1.54) is 0 Å². The zero-order valence-electron chi connectivity index (χ0n) is 7.87. The van der Waals surface area contributed by atoms with E-state index < -0.39 is 6.16 Å². The Morgan fingerprint density at radius 2 is 2.00 bits per heavy atom. The van der Waals surface area contributed by atoms with E-state index in [1.807, 2.05) is 6.92 Å². The topological polar surface area (TPSA) is 61.5 Å². The molecule has 0 aromatic carbocycles. The minimum Gasteiger partial charge on any atom is -0.431 e. The van der Waals surface area contributed by atoms with Crippen molar-refractivity contribution < 1.29 is 14.3 Å². The Labute approximate surface area is 73.0 Å². The van der Waals surface area contributed by atoms with Gasteiger partial charge in [0.05, 0.1) is 0 Å². The van der Waals surface area contributed by atoms with Crippen LogP contribution < -0.4 is 5.73 Å². The molecule has 12 heavy (non-hydrogen) atoms. The molecule has 1 unspecified atom stereocenters. The summed E-state index contributed by atoms with van der Waals surface area (Å²) in [6, 6.07) is 0. The summed E-state index contributed by atoms with van der Waals surface area (Å²) in [5.41, 5.74) is 4.98. The highest BCUT2D eigenvalue weighted by atomic mass is 16.7. The lowest BCUT2D eigenvalue weighted by Gasteiger charge is -2.14. The first-order valence-electron chi connectivity index (χ1n) is 4.09. The highest BCUT2D eigenvalue weighted by Crippen LogP contribution is 2.07. The molecule has 0 aliphatic rings. The van der Waals surface area contributed by atoms with Gasteiger partial charge in [0.1, 0.15) is 12.8 Å². The van der Waals surface area contributed by atoms with Gasteiger partial charge < -0.3 is 9.47 Å². The molecule has 0 saturated carbocycles. The van der Waals surface area contributed by atoms with Gasteiger partial charge in [0.2, 0.25) is 0 Å². The van der Waals surface area contributed by atoms with E-state index in [0.717, 1.165) is 6.42 Å². The van der Waals surface area contributed by atoms with Crippen molar-refractivity contribution in [3.8, 4) is 0 Å². The minimum absolute atomic E-state index is 0.107. The number of carbonyl (C=O) groups is 1. The summed E-state index contributed by atoms with van der Waals surface area (Å²) in [7, 11) is 0. The first-order valence-corrected chi connectivity index (χ1v) is 4.09. The molecule has 0 spiro atoms. The van der Waals surface area contributed by atoms with Crippen molar-refractivity contribution in [2.24, 2.45) is 11.7 Å². The molecule has 1 atom stereocenters. The number of ether oxygens (including phenoxy) is 2. The molecule has 4 heteroatoms. The Morgan fingerprint density at radius 1 is 1.42 bits per heavy atom. The fourth-order valence-corrected chi connectivity index (χ4v) is 0.978. The third kappa shape index (κ3) is 5.97. The lowest BCUT2D eigenvalue weighted by molar-refractivity contribution is 0.0246. The third-order valence-corrected chi connectivity index (χ3v) is 1.30. The predicted molar refractivity (Wildman–Crippen MR) is 45.5 cm³/mol. The predicted octanol–water partition coefficient (Wildman–Crippen LogP) is 1.49. The van der Waals surface area contributed by atoms with Crippen molar-refractivity contribution in [3.05, 3.63) is 0 Å². The van der Waals surface area contributed by atoms with E-state index in [-0.39, 0.29) is 12.8 Å². The lowest BCUT2D eigenvalue weighted by atomic mass is 10.1. The number of hydrogen-bond donors (Lipinski definition) is 1. The lowest BCUT2D eigenvalue weighted by Crippen LogP contribution is -2.20. The molecular weight excluding hydrogens is 158 g/mol. The van der Waals surface area contributed by atoms with Gasteiger partial charge in [-0.3, -0.25) is 5.73 Å².